The van der Waals surface area contributed by atoms with Gasteiger partial charge in [-0.15, -0.1) is 0 Å². The van der Waals surface area contributed by atoms with Crippen molar-refractivity contribution in [1.82, 2.24) is 24.8 Å². The molecule has 4 rings (SSSR count). The van der Waals surface area contributed by atoms with Gasteiger partial charge in [-0.25, -0.2) is 20.3 Å². The Balaban J connectivity index is 1.89. The Morgan fingerprint density at radius 1 is 1.05 bits per heavy atom. The topological polar surface area (TPSA) is 96.5 Å². The molecule has 4 aromatic rings. The second-order valence-electron chi connectivity index (χ2n) is 9.68. The lowest BCUT2D eigenvalue weighted by molar-refractivity contribution is 0.0955. The summed E-state index contributed by atoms with van der Waals surface area (Å²) in [7, 11) is 0. The van der Waals surface area contributed by atoms with Crippen LogP contribution in [0.15, 0.2) is 53.3 Å². The van der Waals surface area contributed by atoms with E-state index in [0.29, 0.717) is 28.8 Å². The van der Waals surface area contributed by atoms with Gasteiger partial charge in [0, 0.05) is 29.1 Å². The van der Waals surface area contributed by atoms with Gasteiger partial charge in [0.25, 0.3) is 11.5 Å². The summed E-state index contributed by atoms with van der Waals surface area (Å²) < 4.78 is 30.9. The molecule has 11 heteroatoms. The Hall–Kier alpha value is -4.69. The number of para-hydroxylation sites is 1. The Kier molecular flexibility index (Phi) is 9.93. The zero-order valence-corrected chi connectivity index (χ0v) is 23.9. The van der Waals surface area contributed by atoms with Crippen LogP contribution < -0.4 is 16.2 Å². The number of aryl methyl sites for hydroxylation is 1. The average Bonchev–Trinajstić information content (AvgIpc) is 2.98. The molecular formula is C31H33F2N7O2. The van der Waals surface area contributed by atoms with E-state index in [9.17, 15) is 18.4 Å². The Morgan fingerprint density at radius 3 is 2.48 bits per heavy atom. The molecular weight excluding hydrogens is 540 g/mol. The van der Waals surface area contributed by atoms with Crippen molar-refractivity contribution < 1.29 is 13.6 Å². The van der Waals surface area contributed by atoms with E-state index < -0.39 is 22.9 Å². The van der Waals surface area contributed by atoms with Gasteiger partial charge in [-0.2, -0.15) is 4.98 Å². The van der Waals surface area contributed by atoms with Gasteiger partial charge in [0.2, 0.25) is 12.5 Å². The number of benzene rings is 2. The molecule has 0 atom stereocenters. The first-order valence-electron chi connectivity index (χ1n) is 13.9. The molecule has 2 N–H and O–H groups in total. The smallest absolute Gasteiger partial charge is 0.256 e. The maximum absolute atomic E-state index is 15.0. The van der Waals surface area contributed by atoms with Crippen LogP contribution >= 0.6 is 0 Å². The van der Waals surface area contributed by atoms with Crippen LogP contribution in [0, 0.1) is 25.1 Å². The molecule has 0 unspecified atom stereocenters. The van der Waals surface area contributed by atoms with Gasteiger partial charge in [-0.3, -0.25) is 14.2 Å². The first-order chi connectivity index (χ1) is 20.3. The monoisotopic (exact) mass is 573 g/mol. The van der Waals surface area contributed by atoms with Crippen molar-refractivity contribution in [3.8, 4) is 16.9 Å². The number of hydrogen-bond acceptors (Lipinski definition) is 6. The average molecular weight is 574 g/mol. The largest absolute Gasteiger partial charge is 0.354 e. The van der Waals surface area contributed by atoms with Gasteiger partial charge in [0.05, 0.1) is 12.2 Å². The molecule has 2 aromatic heterocycles. The summed E-state index contributed by atoms with van der Waals surface area (Å²) in [5.41, 5.74) is 0.956. The molecule has 0 saturated carbocycles. The molecule has 42 heavy (non-hydrogen) atoms. The summed E-state index contributed by atoms with van der Waals surface area (Å²) in [5.74, 6) is -1.99. The van der Waals surface area contributed by atoms with Crippen LogP contribution in [0.3, 0.4) is 0 Å². The van der Waals surface area contributed by atoms with Gasteiger partial charge in [-0.05, 0) is 68.9 Å². The molecule has 2 heterocycles. The summed E-state index contributed by atoms with van der Waals surface area (Å²) in [6.07, 6.45) is 0.793. The summed E-state index contributed by atoms with van der Waals surface area (Å²) in [6.45, 7) is 16.6. The quantitative estimate of drug-likeness (QED) is 0.186. The van der Waals surface area contributed by atoms with Crippen molar-refractivity contribution in [2.75, 3.05) is 44.6 Å². The van der Waals surface area contributed by atoms with E-state index in [4.69, 9.17) is 11.6 Å². The van der Waals surface area contributed by atoms with Crippen LogP contribution in [0.2, 0.25) is 0 Å². The molecule has 9 nitrogen and oxygen atoms in total. The minimum Gasteiger partial charge on any atom is -0.354 e. The first-order valence-corrected chi connectivity index (χ1v) is 13.9. The summed E-state index contributed by atoms with van der Waals surface area (Å²) in [6, 6.07) is 11.3. The minimum absolute atomic E-state index is 0.0223. The van der Waals surface area contributed by atoms with E-state index in [-0.39, 0.29) is 30.6 Å². The van der Waals surface area contributed by atoms with Crippen molar-refractivity contribution in [2.24, 2.45) is 0 Å². The number of aromatic nitrogens is 3. The second-order valence-corrected chi connectivity index (χ2v) is 9.68. The number of carbonyl (C=O) groups excluding carboxylic acids is 1. The van der Waals surface area contributed by atoms with Crippen LogP contribution in [-0.2, 0) is 0 Å². The van der Waals surface area contributed by atoms with Crippen molar-refractivity contribution in [3.05, 3.63) is 93.1 Å². The number of halogens is 2. The zero-order valence-electron chi connectivity index (χ0n) is 23.9. The highest BCUT2D eigenvalue weighted by Gasteiger charge is 2.21. The molecule has 0 aliphatic rings. The van der Waals surface area contributed by atoms with Gasteiger partial charge in [0.1, 0.15) is 17.3 Å². The normalized spacial score (nSPS) is 11.1. The molecule has 0 aliphatic heterocycles. The summed E-state index contributed by atoms with van der Waals surface area (Å²) in [5, 5.41) is 6.30. The number of hydrogen-bond donors (Lipinski definition) is 2. The number of pyridine rings is 1. The lowest BCUT2D eigenvalue weighted by atomic mass is 9.99. The van der Waals surface area contributed by atoms with E-state index in [2.05, 4.69) is 39.2 Å². The molecule has 0 fully saturated rings. The summed E-state index contributed by atoms with van der Waals surface area (Å²) >= 11 is 0. The van der Waals surface area contributed by atoms with Crippen molar-refractivity contribution in [3.63, 3.8) is 0 Å². The predicted octanol–water partition coefficient (Wildman–Crippen LogP) is 4.83. The third kappa shape index (κ3) is 6.61. The van der Waals surface area contributed by atoms with Crippen molar-refractivity contribution in [1.29, 1.82) is 0 Å². The fraction of sp³-hybridized carbons (Fsp3) is 0.323. The summed E-state index contributed by atoms with van der Waals surface area (Å²) in [4.78, 5) is 40.8. The molecule has 0 bridgehead atoms. The molecule has 218 valence electrons. The lowest BCUT2D eigenvalue weighted by Crippen LogP contribution is -2.26. The van der Waals surface area contributed by atoms with Gasteiger partial charge in [-0.1, -0.05) is 26.0 Å². The fourth-order valence-corrected chi connectivity index (χ4v) is 4.71. The molecule has 0 radical (unpaired) electrons. The van der Waals surface area contributed by atoms with Gasteiger partial charge >= 0.3 is 0 Å². The molecule has 0 aliphatic carbocycles. The predicted molar refractivity (Wildman–Crippen MR) is 160 cm³/mol. The molecule has 2 aromatic carbocycles. The molecule has 0 saturated heterocycles. The van der Waals surface area contributed by atoms with Gasteiger partial charge in [0.15, 0.2) is 5.65 Å². The highest BCUT2D eigenvalue weighted by molar-refractivity contribution is 5.98. The minimum atomic E-state index is -0.909. The van der Waals surface area contributed by atoms with Crippen LogP contribution in [0.1, 0.15) is 36.2 Å². The number of fused-ring (bicyclic) bond motifs is 1. The number of anilines is 1. The van der Waals surface area contributed by atoms with Crippen LogP contribution in [0.25, 0.3) is 32.8 Å². The van der Waals surface area contributed by atoms with Crippen LogP contribution in [0.4, 0.5) is 14.7 Å². The Labute approximate surface area is 243 Å². The zero-order chi connectivity index (χ0) is 30.2. The third-order valence-corrected chi connectivity index (χ3v) is 7.00. The van der Waals surface area contributed by atoms with Crippen LogP contribution in [0.5, 0.6) is 0 Å². The van der Waals surface area contributed by atoms with Gasteiger partial charge < -0.3 is 20.4 Å². The van der Waals surface area contributed by atoms with Crippen molar-refractivity contribution in [2.45, 2.75) is 27.2 Å². The second kappa shape index (κ2) is 13.8. The Bertz CT molecular complexity index is 1670. The Morgan fingerprint density at radius 2 is 1.79 bits per heavy atom. The third-order valence-electron chi connectivity index (χ3n) is 7.00. The molecule has 1 amide bonds. The lowest BCUT2D eigenvalue weighted by Gasteiger charge is -2.18. The highest BCUT2D eigenvalue weighted by Crippen LogP contribution is 2.31. The fourth-order valence-electron chi connectivity index (χ4n) is 4.71. The van der Waals surface area contributed by atoms with E-state index in [0.717, 1.165) is 48.3 Å². The highest BCUT2D eigenvalue weighted by atomic mass is 19.1. The SMILES string of the molecule is [C-]#[N+]CCNC(=O)c1ccc(C)c(-c2nc(NCCCN(CC)CC)nc3c2ccc(=O)n3-c2c(F)cccc2F)c1. The van der Waals surface area contributed by atoms with Crippen LogP contribution in [-0.4, -0.2) is 64.6 Å². The standard InChI is InChI=1S/C31H33F2N7O2/c1-5-39(6-2)18-8-15-36-31-37-27(23-19-21(12-11-20(23)3)30(42)35-17-16-34-4)22-13-14-26(41)40(29(22)38-31)28-24(32)9-7-10-25(28)33/h7,9-14,19H,5-6,8,15-18H2,1-3H3,(H,35,42)(H,36,37,38). The van der Waals surface area contributed by atoms with E-state index >= 15 is 0 Å². The molecule has 0 spiro atoms. The number of carbonyl (C=O) groups is 1. The number of rotatable bonds is 12. The number of amides is 1. The number of nitrogens with zero attached hydrogens (tertiary/aromatic N) is 5. The maximum Gasteiger partial charge on any atom is 0.256 e. The maximum atomic E-state index is 15.0. The first kappa shape index (κ1) is 30.3. The van der Waals surface area contributed by atoms with E-state index in [1.54, 1.807) is 18.2 Å². The van der Waals surface area contributed by atoms with Crippen molar-refractivity contribution >= 4 is 22.9 Å². The van der Waals surface area contributed by atoms with E-state index in [1.807, 2.05) is 6.92 Å². The number of nitrogens with one attached hydrogen (secondary N) is 2. The van der Waals surface area contributed by atoms with E-state index in [1.165, 1.54) is 18.2 Å².